The fraction of sp³-hybridized carbons (Fsp3) is 0.316. The maximum absolute atomic E-state index is 12.5. The van der Waals surface area contributed by atoms with E-state index in [9.17, 15) is 4.79 Å². The molecule has 8 heteroatoms. The van der Waals surface area contributed by atoms with Crippen LogP contribution in [0.15, 0.2) is 40.2 Å². The van der Waals surface area contributed by atoms with Crippen molar-refractivity contribution in [2.45, 2.75) is 18.8 Å². The molecule has 0 spiro atoms. The predicted molar refractivity (Wildman–Crippen MR) is 101 cm³/mol. The van der Waals surface area contributed by atoms with Crippen LogP contribution in [-0.4, -0.2) is 36.8 Å². The summed E-state index contributed by atoms with van der Waals surface area (Å²) in [6, 6.07) is 9.47. The minimum atomic E-state index is -0.0913. The van der Waals surface area contributed by atoms with Crippen molar-refractivity contribution in [3.05, 3.63) is 52.3 Å². The summed E-state index contributed by atoms with van der Waals surface area (Å²) in [5.74, 6) is 2.30. The van der Waals surface area contributed by atoms with Gasteiger partial charge < -0.3 is 18.9 Å². The molecule has 1 fully saturated rings. The molecule has 0 saturated carbocycles. The van der Waals surface area contributed by atoms with Crippen LogP contribution in [0, 0.1) is 0 Å². The minimum Gasteiger partial charge on any atom is -0.493 e. The Hall–Kier alpha value is -2.87. The van der Waals surface area contributed by atoms with Gasteiger partial charge in [-0.2, -0.15) is 4.98 Å². The first kappa shape index (κ1) is 17.5. The van der Waals surface area contributed by atoms with Gasteiger partial charge in [0.2, 0.25) is 11.8 Å². The lowest BCUT2D eigenvalue weighted by molar-refractivity contribution is -0.117. The monoisotopic (exact) mass is 385 g/mol. The fourth-order valence-corrected chi connectivity index (χ4v) is 3.89. The van der Waals surface area contributed by atoms with E-state index in [1.807, 2.05) is 23.6 Å². The van der Waals surface area contributed by atoms with Crippen molar-refractivity contribution in [1.82, 2.24) is 10.1 Å². The highest BCUT2D eigenvalue weighted by Crippen LogP contribution is 2.36. The normalized spacial score (nSPS) is 16.7. The molecule has 140 valence electrons. The molecule has 3 aromatic rings. The average Bonchev–Trinajstić information content (AvgIpc) is 3.43. The van der Waals surface area contributed by atoms with E-state index in [-0.39, 0.29) is 11.8 Å². The molecule has 27 heavy (non-hydrogen) atoms. The Kier molecular flexibility index (Phi) is 4.81. The molecule has 0 aliphatic carbocycles. The van der Waals surface area contributed by atoms with Crippen molar-refractivity contribution in [3.63, 3.8) is 0 Å². The largest absolute Gasteiger partial charge is 0.493 e. The maximum Gasteiger partial charge on any atom is 0.231 e. The third-order valence-electron chi connectivity index (χ3n) is 4.56. The molecule has 1 unspecified atom stereocenters. The summed E-state index contributed by atoms with van der Waals surface area (Å²) in [4.78, 5) is 19.9. The summed E-state index contributed by atoms with van der Waals surface area (Å²) >= 11 is 1.65. The third kappa shape index (κ3) is 3.52. The zero-order valence-corrected chi connectivity index (χ0v) is 15.9. The van der Waals surface area contributed by atoms with Gasteiger partial charge in [0.1, 0.15) is 0 Å². The van der Waals surface area contributed by atoms with Gasteiger partial charge in [-0.25, -0.2) is 0 Å². The maximum atomic E-state index is 12.5. The van der Waals surface area contributed by atoms with Crippen molar-refractivity contribution in [2.24, 2.45) is 0 Å². The van der Waals surface area contributed by atoms with Crippen LogP contribution in [0.2, 0.25) is 0 Å². The lowest BCUT2D eigenvalue weighted by Gasteiger charge is -2.18. The van der Waals surface area contributed by atoms with Crippen LogP contribution >= 0.6 is 11.3 Å². The number of anilines is 1. The number of hydrogen-bond donors (Lipinski definition) is 0. The first-order valence-electron chi connectivity index (χ1n) is 8.55. The van der Waals surface area contributed by atoms with Gasteiger partial charge in [-0.15, -0.1) is 11.3 Å². The molecule has 1 aromatic carbocycles. The summed E-state index contributed by atoms with van der Waals surface area (Å²) in [5, 5.41) is 6.11. The van der Waals surface area contributed by atoms with E-state index in [1.54, 1.807) is 42.6 Å². The molecule has 0 N–H and O–H groups in total. The van der Waals surface area contributed by atoms with E-state index in [4.69, 9.17) is 14.0 Å². The molecular formula is C19H19N3O4S. The van der Waals surface area contributed by atoms with E-state index in [2.05, 4.69) is 10.1 Å². The first-order chi connectivity index (χ1) is 13.2. The summed E-state index contributed by atoms with van der Waals surface area (Å²) in [7, 11) is 3.16. The molecule has 1 aliphatic heterocycles. The van der Waals surface area contributed by atoms with E-state index >= 15 is 0 Å². The van der Waals surface area contributed by atoms with Gasteiger partial charge in [0.25, 0.3) is 0 Å². The molecule has 3 heterocycles. The van der Waals surface area contributed by atoms with Crippen molar-refractivity contribution in [2.75, 3.05) is 25.7 Å². The highest BCUT2D eigenvalue weighted by atomic mass is 32.1. The fourth-order valence-electron chi connectivity index (χ4n) is 3.19. The van der Waals surface area contributed by atoms with Crippen molar-refractivity contribution in [1.29, 1.82) is 0 Å². The third-order valence-corrected chi connectivity index (χ3v) is 5.43. The van der Waals surface area contributed by atoms with Crippen molar-refractivity contribution < 1.29 is 18.8 Å². The molecule has 4 rings (SSSR count). The molecule has 7 nitrogen and oxygen atoms in total. The quantitative estimate of drug-likeness (QED) is 0.648. The number of thiophene rings is 1. The molecule has 1 aliphatic rings. The number of carbonyl (C=O) groups excluding carboxylic acids is 1. The molecule has 1 amide bonds. The van der Waals surface area contributed by atoms with Gasteiger partial charge in [0, 0.05) is 35.5 Å². The van der Waals surface area contributed by atoms with Gasteiger partial charge in [-0.3, -0.25) is 4.79 Å². The lowest BCUT2D eigenvalue weighted by atomic mass is 10.1. The van der Waals surface area contributed by atoms with Crippen LogP contribution in [0.5, 0.6) is 11.5 Å². The van der Waals surface area contributed by atoms with Gasteiger partial charge in [0.05, 0.1) is 20.6 Å². The Morgan fingerprint density at radius 3 is 2.85 bits per heavy atom. The van der Waals surface area contributed by atoms with Crippen LogP contribution in [0.1, 0.15) is 28.9 Å². The van der Waals surface area contributed by atoms with E-state index in [0.717, 1.165) is 5.69 Å². The van der Waals surface area contributed by atoms with Crippen LogP contribution in [0.3, 0.4) is 0 Å². The van der Waals surface area contributed by atoms with Crippen LogP contribution < -0.4 is 14.4 Å². The van der Waals surface area contributed by atoms with Crippen molar-refractivity contribution in [3.8, 4) is 11.5 Å². The predicted octanol–water partition coefficient (Wildman–Crippen LogP) is 3.26. The Labute approximate surface area is 160 Å². The first-order valence-corrected chi connectivity index (χ1v) is 9.43. The number of nitrogens with zero attached hydrogens (tertiary/aromatic N) is 3. The second-order valence-corrected chi connectivity index (χ2v) is 7.28. The molecular weight excluding hydrogens is 366 g/mol. The van der Waals surface area contributed by atoms with Gasteiger partial charge in [-0.1, -0.05) is 11.2 Å². The van der Waals surface area contributed by atoms with Gasteiger partial charge in [0.15, 0.2) is 17.3 Å². The molecule has 0 radical (unpaired) electrons. The standard InChI is InChI=1S/C19H19N3O4S/c1-24-15-6-5-13(9-16(15)25-2)22-11-12(8-18(22)23)19-20-17(26-21-19)10-14-4-3-7-27-14/h3-7,9,12H,8,10-11H2,1-2H3. The summed E-state index contributed by atoms with van der Waals surface area (Å²) in [6.45, 7) is 0.506. The van der Waals surface area contributed by atoms with Gasteiger partial charge >= 0.3 is 0 Å². The SMILES string of the molecule is COc1ccc(N2CC(c3noc(Cc4cccs4)n3)CC2=O)cc1OC. The van der Waals surface area contributed by atoms with E-state index < -0.39 is 0 Å². The number of ether oxygens (including phenoxy) is 2. The van der Waals surface area contributed by atoms with Crippen LogP contribution in [0.4, 0.5) is 5.69 Å². The number of benzene rings is 1. The Morgan fingerprint density at radius 1 is 1.26 bits per heavy atom. The summed E-state index contributed by atoms with van der Waals surface area (Å²) in [6.07, 6.45) is 0.969. The van der Waals surface area contributed by atoms with Crippen LogP contribution in [-0.2, 0) is 11.2 Å². The lowest BCUT2D eigenvalue weighted by Crippen LogP contribution is -2.24. The number of amides is 1. The second-order valence-electron chi connectivity index (χ2n) is 6.25. The smallest absolute Gasteiger partial charge is 0.231 e. The number of methoxy groups -OCH3 is 2. The average molecular weight is 385 g/mol. The number of carbonyl (C=O) groups is 1. The Morgan fingerprint density at radius 2 is 2.11 bits per heavy atom. The molecule has 2 aromatic heterocycles. The van der Waals surface area contributed by atoms with E-state index in [1.165, 1.54) is 4.88 Å². The summed E-state index contributed by atoms with van der Waals surface area (Å²) < 4.78 is 16.0. The molecule has 0 bridgehead atoms. The Bertz CT molecular complexity index is 938. The molecule has 1 saturated heterocycles. The highest BCUT2D eigenvalue weighted by molar-refractivity contribution is 7.09. The van der Waals surface area contributed by atoms with E-state index in [0.29, 0.717) is 42.6 Å². The zero-order chi connectivity index (χ0) is 18.8. The number of rotatable bonds is 6. The topological polar surface area (TPSA) is 77.7 Å². The zero-order valence-electron chi connectivity index (χ0n) is 15.0. The van der Waals surface area contributed by atoms with Crippen molar-refractivity contribution >= 4 is 22.9 Å². The Balaban J connectivity index is 1.50. The van der Waals surface area contributed by atoms with Crippen LogP contribution in [0.25, 0.3) is 0 Å². The molecule has 1 atom stereocenters. The number of hydrogen-bond acceptors (Lipinski definition) is 7. The minimum absolute atomic E-state index is 0.0248. The summed E-state index contributed by atoms with van der Waals surface area (Å²) in [5.41, 5.74) is 0.766. The second kappa shape index (κ2) is 7.40. The van der Waals surface area contributed by atoms with Gasteiger partial charge in [-0.05, 0) is 23.6 Å². The number of aromatic nitrogens is 2. The highest BCUT2D eigenvalue weighted by Gasteiger charge is 2.35.